The summed E-state index contributed by atoms with van der Waals surface area (Å²) in [5.41, 5.74) is 1.21. The molecule has 0 aliphatic carbocycles. The lowest BCUT2D eigenvalue weighted by molar-refractivity contribution is -0.136. The molecule has 0 aromatic heterocycles. The zero-order valence-electron chi connectivity index (χ0n) is 9.31. The van der Waals surface area contributed by atoms with E-state index in [1.54, 1.807) is 11.8 Å². The van der Waals surface area contributed by atoms with Crippen molar-refractivity contribution in [3.63, 3.8) is 0 Å². The number of carbonyl (C=O) groups is 1. The summed E-state index contributed by atoms with van der Waals surface area (Å²) in [6, 6.07) is 7.90. The summed E-state index contributed by atoms with van der Waals surface area (Å²) in [5.74, 6) is 1.59. The molecule has 0 unspecified atom stereocenters. The Kier molecular flexibility index (Phi) is 5.78. The molecule has 1 N–H and O–H groups in total. The van der Waals surface area contributed by atoms with Crippen molar-refractivity contribution in [3.8, 4) is 5.75 Å². The van der Waals surface area contributed by atoms with E-state index in [1.807, 2.05) is 31.2 Å². The van der Waals surface area contributed by atoms with Gasteiger partial charge in [0.25, 0.3) is 0 Å². The van der Waals surface area contributed by atoms with Crippen LogP contribution in [-0.2, 0) is 4.79 Å². The Hall–Kier alpha value is -1.16. The lowest BCUT2D eigenvalue weighted by atomic mass is 10.2. The predicted octanol–water partition coefficient (Wildman–Crippen LogP) is 2.58. The number of benzene rings is 1. The molecular formula is C12H16O3S. The molecular weight excluding hydrogens is 224 g/mol. The first-order chi connectivity index (χ1) is 7.68. The van der Waals surface area contributed by atoms with Crippen LogP contribution in [0, 0.1) is 6.92 Å². The molecule has 0 bridgehead atoms. The largest absolute Gasteiger partial charge is 0.493 e. The van der Waals surface area contributed by atoms with E-state index in [4.69, 9.17) is 9.84 Å². The highest BCUT2D eigenvalue weighted by Crippen LogP contribution is 2.12. The summed E-state index contributed by atoms with van der Waals surface area (Å²) in [7, 11) is 0. The highest BCUT2D eigenvalue weighted by Gasteiger charge is 1.97. The molecule has 0 saturated carbocycles. The molecule has 1 aromatic rings. The highest BCUT2D eigenvalue weighted by atomic mass is 32.2. The second-order valence-electron chi connectivity index (χ2n) is 3.42. The van der Waals surface area contributed by atoms with Crippen molar-refractivity contribution in [1.29, 1.82) is 0 Å². The number of thioether (sulfide) groups is 1. The second-order valence-corrected chi connectivity index (χ2v) is 4.64. The van der Waals surface area contributed by atoms with Crippen molar-refractivity contribution in [2.45, 2.75) is 13.3 Å². The molecule has 88 valence electrons. The van der Waals surface area contributed by atoms with Crippen molar-refractivity contribution in [3.05, 3.63) is 29.8 Å². The first-order valence-corrected chi connectivity index (χ1v) is 6.33. The maximum absolute atomic E-state index is 10.2. The van der Waals surface area contributed by atoms with Crippen LogP contribution in [-0.4, -0.2) is 29.2 Å². The first kappa shape index (κ1) is 12.9. The van der Waals surface area contributed by atoms with E-state index >= 15 is 0 Å². The topological polar surface area (TPSA) is 46.5 Å². The maximum atomic E-state index is 10.2. The van der Waals surface area contributed by atoms with Gasteiger partial charge in [0.2, 0.25) is 0 Å². The van der Waals surface area contributed by atoms with Gasteiger partial charge in [-0.15, -0.1) is 0 Å². The smallest absolute Gasteiger partial charge is 0.304 e. The van der Waals surface area contributed by atoms with Crippen LogP contribution in [0.25, 0.3) is 0 Å². The zero-order valence-corrected chi connectivity index (χ0v) is 10.1. The fourth-order valence-corrected chi connectivity index (χ4v) is 1.84. The monoisotopic (exact) mass is 240 g/mol. The van der Waals surface area contributed by atoms with Crippen LogP contribution in [0.1, 0.15) is 12.0 Å². The number of ether oxygens (including phenoxy) is 1. The molecule has 0 radical (unpaired) electrons. The molecule has 0 aliphatic rings. The Morgan fingerprint density at radius 2 is 2.00 bits per heavy atom. The molecule has 4 heteroatoms. The number of carboxylic acids is 1. The number of aliphatic carboxylic acids is 1. The predicted molar refractivity (Wildman–Crippen MR) is 66.3 cm³/mol. The Balaban J connectivity index is 2.07. The minimum Gasteiger partial charge on any atom is -0.493 e. The highest BCUT2D eigenvalue weighted by molar-refractivity contribution is 7.99. The van der Waals surface area contributed by atoms with E-state index in [0.717, 1.165) is 11.5 Å². The fraction of sp³-hybridized carbons (Fsp3) is 0.417. The maximum Gasteiger partial charge on any atom is 0.304 e. The van der Waals surface area contributed by atoms with E-state index in [2.05, 4.69) is 0 Å². The number of hydrogen-bond donors (Lipinski definition) is 1. The fourth-order valence-electron chi connectivity index (χ4n) is 1.11. The third kappa shape index (κ3) is 5.66. The summed E-state index contributed by atoms with van der Waals surface area (Å²) >= 11 is 1.60. The van der Waals surface area contributed by atoms with Gasteiger partial charge < -0.3 is 9.84 Å². The number of rotatable bonds is 7. The summed E-state index contributed by atoms with van der Waals surface area (Å²) in [5, 5.41) is 8.43. The van der Waals surface area contributed by atoms with Gasteiger partial charge in [0.1, 0.15) is 5.75 Å². The van der Waals surface area contributed by atoms with Crippen LogP contribution in [0.15, 0.2) is 24.3 Å². The van der Waals surface area contributed by atoms with Crippen molar-refractivity contribution in [2.75, 3.05) is 18.1 Å². The molecule has 0 aliphatic heterocycles. The molecule has 0 spiro atoms. The van der Waals surface area contributed by atoms with E-state index in [0.29, 0.717) is 12.4 Å². The van der Waals surface area contributed by atoms with Gasteiger partial charge in [-0.25, -0.2) is 0 Å². The molecule has 0 saturated heterocycles. The molecule has 16 heavy (non-hydrogen) atoms. The van der Waals surface area contributed by atoms with Gasteiger partial charge in [0.15, 0.2) is 0 Å². The van der Waals surface area contributed by atoms with E-state index in [9.17, 15) is 4.79 Å². The molecule has 0 amide bonds. The molecule has 0 atom stereocenters. The number of aryl methyl sites for hydroxylation is 1. The Labute approximate surface area is 99.8 Å². The second kappa shape index (κ2) is 7.17. The van der Waals surface area contributed by atoms with Gasteiger partial charge in [0.05, 0.1) is 13.0 Å². The molecule has 0 heterocycles. The van der Waals surface area contributed by atoms with Crippen molar-refractivity contribution in [1.82, 2.24) is 0 Å². The minimum absolute atomic E-state index is 0.217. The first-order valence-electron chi connectivity index (χ1n) is 5.17. The lowest BCUT2D eigenvalue weighted by Crippen LogP contribution is -2.02. The van der Waals surface area contributed by atoms with Gasteiger partial charge in [-0.2, -0.15) is 11.8 Å². The standard InChI is InChI=1S/C12H16O3S/c1-10-2-4-11(5-3-10)15-7-9-16-8-6-12(13)14/h2-5H,6-9H2,1H3,(H,13,14). The molecule has 0 fully saturated rings. The number of hydrogen-bond acceptors (Lipinski definition) is 3. The average Bonchev–Trinajstić information content (AvgIpc) is 2.25. The quantitative estimate of drug-likeness (QED) is 0.744. The van der Waals surface area contributed by atoms with Crippen LogP contribution in [0.2, 0.25) is 0 Å². The number of carboxylic acid groups (broad SMARTS) is 1. The van der Waals surface area contributed by atoms with E-state index < -0.39 is 5.97 Å². The molecule has 1 aromatic carbocycles. The summed E-state index contributed by atoms with van der Waals surface area (Å²) in [6.07, 6.45) is 0.217. The molecule has 3 nitrogen and oxygen atoms in total. The lowest BCUT2D eigenvalue weighted by Gasteiger charge is -2.05. The van der Waals surface area contributed by atoms with Crippen molar-refractivity contribution in [2.24, 2.45) is 0 Å². The Morgan fingerprint density at radius 1 is 1.31 bits per heavy atom. The van der Waals surface area contributed by atoms with Gasteiger partial charge in [-0.1, -0.05) is 17.7 Å². The van der Waals surface area contributed by atoms with Crippen LogP contribution in [0.3, 0.4) is 0 Å². The normalized spacial score (nSPS) is 10.1. The van der Waals surface area contributed by atoms with E-state index in [-0.39, 0.29) is 6.42 Å². The Morgan fingerprint density at radius 3 is 2.62 bits per heavy atom. The summed E-state index contributed by atoms with van der Waals surface area (Å²) < 4.78 is 5.50. The molecule has 1 rings (SSSR count). The van der Waals surface area contributed by atoms with Gasteiger partial charge in [-0.05, 0) is 19.1 Å². The SMILES string of the molecule is Cc1ccc(OCCSCCC(=O)O)cc1. The van der Waals surface area contributed by atoms with E-state index in [1.165, 1.54) is 5.56 Å². The third-order valence-electron chi connectivity index (χ3n) is 1.98. The van der Waals surface area contributed by atoms with Crippen molar-refractivity contribution >= 4 is 17.7 Å². The average molecular weight is 240 g/mol. The summed E-state index contributed by atoms with van der Waals surface area (Å²) in [6.45, 7) is 2.65. The van der Waals surface area contributed by atoms with Crippen LogP contribution in [0.4, 0.5) is 0 Å². The van der Waals surface area contributed by atoms with Gasteiger partial charge in [-0.3, -0.25) is 4.79 Å². The summed E-state index contributed by atoms with van der Waals surface area (Å²) in [4.78, 5) is 10.2. The van der Waals surface area contributed by atoms with Crippen LogP contribution < -0.4 is 4.74 Å². The minimum atomic E-state index is -0.744. The van der Waals surface area contributed by atoms with Crippen LogP contribution >= 0.6 is 11.8 Å². The van der Waals surface area contributed by atoms with Crippen LogP contribution in [0.5, 0.6) is 5.75 Å². The zero-order chi connectivity index (χ0) is 11.8. The Bertz CT molecular complexity index is 322. The van der Waals surface area contributed by atoms with Gasteiger partial charge >= 0.3 is 5.97 Å². The third-order valence-corrected chi connectivity index (χ3v) is 2.93. The van der Waals surface area contributed by atoms with Crippen molar-refractivity contribution < 1.29 is 14.6 Å². The van der Waals surface area contributed by atoms with Gasteiger partial charge in [0, 0.05) is 11.5 Å².